The minimum atomic E-state index is -0.0696. The first-order chi connectivity index (χ1) is 8.74. The molecule has 3 nitrogen and oxygen atoms in total. The second-order valence-corrected chi connectivity index (χ2v) is 5.55. The molecule has 0 aliphatic heterocycles. The molecular formula is C15H24N2O. The highest BCUT2D eigenvalue weighted by molar-refractivity contribution is 5.08. The molecule has 0 radical (unpaired) electrons. The lowest BCUT2D eigenvalue weighted by Crippen LogP contribution is -2.45. The fourth-order valence-corrected chi connectivity index (χ4v) is 2.92. The van der Waals surface area contributed by atoms with E-state index in [2.05, 4.69) is 18.0 Å². The molecule has 1 saturated carbocycles. The molecule has 0 amide bonds. The van der Waals surface area contributed by atoms with Crippen molar-refractivity contribution in [1.82, 2.24) is 4.98 Å². The molecule has 0 spiro atoms. The third-order valence-corrected chi connectivity index (χ3v) is 3.94. The van der Waals surface area contributed by atoms with Crippen LogP contribution in [0.4, 0.5) is 0 Å². The maximum absolute atomic E-state index is 6.14. The summed E-state index contributed by atoms with van der Waals surface area (Å²) in [4.78, 5) is 4.12. The van der Waals surface area contributed by atoms with E-state index in [-0.39, 0.29) is 5.60 Å². The Bertz CT molecular complexity index is 355. The molecule has 100 valence electrons. The van der Waals surface area contributed by atoms with Crippen LogP contribution < -0.4 is 5.73 Å². The average molecular weight is 248 g/mol. The summed E-state index contributed by atoms with van der Waals surface area (Å²) in [6.45, 7) is 3.69. The maximum Gasteiger partial charge on any atom is 0.0806 e. The van der Waals surface area contributed by atoms with Crippen molar-refractivity contribution in [1.29, 1.82) is 0 Å². The van der Waals surface area contributed by atoms with Gasteiger partial charge in [-0.15, -0.1) is 0 Å². The summed E-state index contributed by atoms with van der Waals surface area (Å²) < 4.78 is 6.14. The van der Waals surface area contributed by atoms with E-state index in [0.29, 0.717) is 6.54 Å². The summed E-state index contributed by atoms with van der Waals surface area (Å²) in [7, 11) is 0. The first-order valence-corrected chi connectivity index (χ1v) is 6.97. The zero-order valence-electron chi connectivity index (χ0n) is 11.3. The van der Waals surface area contributed by atoms with Gasteiger partial charge in [0.25, 0.3) is 0 Å². The average Bonchev–Trinajstić information content (AvgIpc) is 2.40. The smallest absolute Gasteiger partial charge is 0.0806 e. The molecule has 1 aromatic rings. The van der Waals surface area contributed by atoms with Crippen LogP contribution in [0.15, 0.2) is 24.5 Å². The zero-order valence-corrected chi connectivity index (χ0v) is 11.3. The second-order valence-electron chi connectivity index (χ2n) is 5.55. The van der Waals surface area contributed by atoms with Crippen LogP contribution in [-0.2, 0) is 11.2 Å². The van der Waals surface area contributed by atoms with Gasteiger partial charge in [0.15, 0.2) is 0 Å². The van der Waals surface area contributed by atoms with E-state index in [1.807, 2.05) is 12.3 Å². The Morgan fingerprint density at radius 2 is 2.44 bits per heavy atom. The van der Waals surface area contributed by atoms with Crippen LogP contribution in [0.1, 0.15) is 38.2 Å². The van der Waals surface area contributed by atoms with Crippen LogP contribution in [0.25, 0.3) is 0 Å². The predicted molar refractivity (Wildman–Crippen MR) is 73.3 cm³/mol. The monoisotopic (exact) mass is 248 g/mol. The number of hydrogen-bond donors (Lipinski definition) is 1. The highest BCUT2D eigenvalue weighted by atomic mass is 16.5. The van der Waals surface area contributed by atoms with E-state index in [0.717, 1.165) is 31.8 Å². The highest BCUT2D eigenvalue weighted by Crippen LogP contribution is 2.34. The number of pyridine rings is 1. The molecule has 0 aromatic carbocycles. The fraction of sp³-hybridized carbons (Fsp3) is 0.667. The Morgan fingerprint density at radius 1 is 1.56 bits per heavy atom. The normalized spacial score (nSPS) is 28.2. The minimum absolute atomic E-state index is 0.0696. The van der Waals surface area contributed by atoms with Crippen LogP contribution in [-0.4, -0.2) is 23.7 Å². The third kappa shape index (κ3) is 3.53. The summed E-state index contributed by atoms with van der Waals surface area (Å²) in [6, 6.07) is 4.06. The number of ether oxygens (including phenoxy) is 1. The fourth-order valence-electron chi connectivity index (χ4n) is 2.92. The quantitative estimate of drug-likeness (QED) is 0.871. The van der Waals surface area contributed by atoms with Gasteiger partial charge in [-0.05, 0) is 36.8 Å². The predicted octanol–water partition coefficient (Wildman–Crippen LogP) is 2.55. The first kappa shape index (κ1) is 13.5. The Labute approximate surface area is 110 Å². The standard InChI is InChI=1S/C15H24N2O/c1-13-4-2-7-15(10-13,12-16)18-9-6-14-5-3-8-17-11-14/h3,5,8,11,13H,2,4,6-7,9-10,12,16H2,1H3. The lowest BCUT2D eigenvalue weighted by molar-refractivity contribution is -0.0730. The molecule has 1 fully saturated rings. The Hall–Kier alpha value is -0.930. The van der Waals surface area contributed by atoms with Gasteiger partial charge in [-0.1, -0.05) is 25.8 Å². The SMILES string of the molecule is CC1CCCC(CN)(OCCc2cccnc2)C1. The number of nitrogens with two attached hydrogens (primary N) is 1. The van der Waals surface area contributed by atoms with Crippen molar-refractivity contribution >= 4 is 0 Å². The minimum Gasteiger partial charge on any atom is -0.373 e. The molecule has 3 heteroatoms. The van der Waals surface area contributed by atoms with Crippen LogP contribution in [0.5, 0.6) is 0 Å². The van der Waals surface area contributed by atoms with E-state index in [4.69, 9.17) is 10.5 Å². The zero-order chi connectivity index (χ0) is 12.8. The molecule has 2 N–H and O–H groups in total. The molecule has 18 heavy (non-hydrogen) atoms. The van der Waals surface area contributed by atoms with E-state index in [1.165, 1.54) is 18.4 Å². The Morgan fingerprint density at radius 3 is 3.11 bits per heavy atom. The number of aromatic nitrogens is 1. The van der Waals surface area contributed by atoms with E-state index in [9.17, 15) is 0 Å². The summed E-state index contributed by atoms with van der Waals surface area (Å²) in [6.07, 6.45) is 9.40. The molecule has 1 aliphatic carbocycles. The van der Waals surface area contributed by atoms with Crippen LogP contribution in [0.2, 0.25) is 0 Å². The van der Waals surface area contributed by atoms with Gasteiger partial charge in [0.1, 0.15) is 0 Å². The third-order valence-electron chi connectivity index (χ3n) is 3.94. The van der Waals surface area contributed by atoms with Gasteiger partial charge >= 0.3 is 0 Å². The molecular weight excluding hydrogens is 224 g/mol. The molecule has 1 aliphatic rings. The molecule has 2 unspecified atom stereocenters. The van der Waals surface area contributed by atoms with Gasteiger partial charge in [-0.25, -0.2) is 0 Å². The highest BCUT2D eigenvalue weighted by Gasteiger charge is 2.34. The van der Waals surface area contributed by atoms with Crippen LogP contribution >= 0.6 is 0 Å². The number of nitrogens with zero attached hydrogens (tertiary/aromatic N) is 1. The van der Waals surface area contributed by atoms with Crippen molar-refractivity contribution < 1.29 is 4.74 Å². The summed E-state index contributed by atoms with van der Waals surface area (Å²) in [5.74, 6) is 0.737. The lowest BCUT2D eigenvalue weighted by Gasteiger charge is -2.39. The summed E-state index contributed by atoms with van der Waals surface area (Å²) >= 11 is 0. The molecule has 2 rings (SSSR count). The molecule has 0 saturated heterocycles. The largest absolute Gasteiger partial charge is 0.373 e. The van der Waals surface area contributed by atoms with E-state index in [1.54, 1.807) is 6.20 Å². The van der Waals surface area contributed by atoms with Gasteiger partial charge in [-0.2, -0.15) is 0 Å². The molecule has 1 heterocycles. The Kier molecular flexibility index (Phi) is 4.72. The van der Waals surface area contributed by atoms with Crippen molar-refractivity contribution in [3.63, 3.8) is 0 Å². The van der Waals surface area contributed by atoms with Crippen molar-refractivity contribution in [2.75, 3.05) is 13.2 Å². The molecule has 0 bridgehead atoms. The van der Waals surface area contributed by atoms with Crippen molar-refractivity contribution in [3.8, 4) is 0 Å². The van der Waals surface area contributed by atoms with Gasteiger partial charge < -0.3 is 10.5 Å². The van der Waals surface area contributed by atoms with Crippen LogP contribution in [0, 0.1) is 5.92 Å². The first-order valence-electron chi connectivity index (χ1n) is 6.97. The molecule has 1 aromatic heterocycles. The maximum atomic E-state index is 6.14. The van der Waals surface area contributed by atoms with E-state index >= 15 is 0 Å². The summed E-state index contributed by atoms with van der Waals surface area (Å²) in [5, 5.41) is 0. The topological polar surface area (TPSA) is 48.1 Å². The second kappa shape index (κ2) is 6.30. The van der Waals surface area contributed by atoms with Gasteiger partial charge in [-0.3, -0.25) is 4.98 Å². The van der Waals surface area contributed by atoms with Crippen molar-refractivity contribution in [2.45, 2.75) is 44.6 Å². The van der Waals surface area contributed by atoms with Crippen molar-refractivity contribution in [3.05, 3.63) is 30.1 Å². The Balaban J connectivity index is 1.83. The van der Waals surface area contributed by atoms with E-state index < -0.39 is 0 Å². The van der Waals surface area contributed by atoms with Gasteiger partial charge in [0.05, 0.1) is 12.2 Å². The van der Waals surface area contributed by atoms with Gasteiger partial charge in [0, 0.05) is 18.9 Å². The van der Waals surface area contributed by atoms with Gasteiger partial charge in [0.2, 0.25) is 0 Å². The number of rotatable bonds is 5. The molecule has 2 atom stereocenters. The number of hydrogen-bond acceptors (Lipinski definition) is 3. The van der Waals surface area contributed by atoms with Crippen LogP contribution in [0.3, 0.4) is 0 Å². The van der Waals surface area contributed by atoms with Crippen molar-refractivity contribution in [2.24, 2.45) is 11.7 Å². The summed E-state index contributed by atoms with van der Waals surface area (Å²) in [5.41, 5.74) is 7.10. The lowest BCUT2D eigenvalue weighted by atomic mass is 9.79.